The van der Waals surface area contributed by atoms with E-state index in [1.807, 2.05) is 25.1 Å². The summed E-state index contributed by atoms with van der Waals surface area (Å²) in [4.78, 5) is 15.7. The van der Waals surface area contributed by atoms with Crippen molar-refractivity contribution in [1.82, 2.24) is 10.3 Å². The average molecular weight is 260 g/mol. The van der Waals surface area contributed by atoms with Crippen LogP contribution in [0.1, 0.15) is 19.0 Å². The van der Waals surface area contributed by atoms with Gasteiger partial charge in [-0.1, -0.05) is 37.3 Å². The summed E-state index contributed by atoms with van der Waals surface area (Å²) in [6.07, 6.45) is 1.32. The molecule has 0 saturated heterocycles. The molecule has 0 atom stereocenters. The van der Waals surface area contributed by atoms with E-state index in [-0.39, 0.29) is 5.91 Å². The normalized spacial score (nSPS) is 10.3. The van der Waals surface area contributed by atoms with E-state index in [0.29, 0.717) is 13.0 Å². The zero-order valence-corrected chi connectivity index (χ0v) is 11.2. The van der Waals surface area contributed by atoms with Crippen LogP contribution < -0.4 is 5.32 Å². The van der Waals surface area contributed by atoms with E-state index in [1.54, 1.807) is 11.3 Å². The Labute approximate surface area is 111 Å². The summed E-state index contributed by atoms with van der Waals surface area (Å²) in [5.41, 5.74) is 2.18. The minimum atomic E-state index is 0.0912. The maximum Gasteiger partial charge on any atom is 0.219 e. The average Bonchev–Trinajstić information content (AvgIpc) is 2.88. The number of rotatable bonds is 5. The number of amides is 1. The lowest BCUT2D eigenvalue weighted by molar-refractivity contribution is -0.120. The van der Waals surface area contributed by atoms with E-state index in [2.05, 4.69) is 27.8 Å². The van der Waals surface area contributed by atoms with E-state index in [4.69, 9.17) is 0 Å². The Kier molecular flexibility index (Phi) is 4.47. The number of hydrogen-bond acceptors (Lipinski definition) is 3. The third-order valence-corrected chi connectivity index (χ3v) is 3.54. The first-order chi connectivity index (χ1) is 8.79. The minimum Gasteiger partial charge on any atom is -0.356 e. The molecule has 1 N–H and O–H groups in total. The maximum absolute atomic E-state index is 11.1. The molecule has 0 unspecified atom stereocenters. The highest BCUT2D eigenvalue weighted by Crippen LogP contribution is 2.23. The summed E-state index contributed by atoms with van der Waals surface area (Å²) in [6, 6.07) is 10.1. The van der Waals surface area contributed by atoms with Gasteiger partial charge < -0.3 is 5.32 Å². The van der Waals surface area contributed by atoms with Crippen LogP contribution in [0.4, 0.5) is 0 Å². The van der Waals surface area contributed by atoms with Gasteiger partial charge in [-0.05, 0) is 0 Å². The smallest absolute Gasteiger partial charge is 0.219 e. The molecule has 18 heavy (non-hydrogen) atoms. The van der Waals surface area contributed by atoms with Crippen molar-refractivity contribution in [1.29, 1.82) is 0 Å². The Morgan fingerprint density at radius 3 is 2.83 bits per heavy atom. The van der Waals surface area contributed by atoms with Crippen molar-refractivity contribution in [3.05, 3.63) is 41.4 Å². The molecule has 3 nitrogen and oxygen atoms in total. The second kappa shape index (κ2) is 6.31. The molecule has 94 valence electrons. The molecule has 1 aromatic carbocycles. The monoisotopic (exact) mass is 260 g/mol. The van der Waals surface area contributed by atoms with Gasteiger partial charge in [-0.2, -0.15) is 0 Å². The van der Waals surface area contributed by atoms with Crippen LogP contribution >= 0.6 is 11.3 Å². The first kappa shape index (κ1) is 12.8. The maximum atomic E-state index is 11.1. The van der Waals surface area contributed by atoms with Crippen molar-refractivity contribution in [3.63, 3.8) is 0 Å². The standard InChI is InChI=1S/C14H16N2OS/c1-2-13(17)15-9-8-12-10-18-14(16-12)11-6-4-3-5-7-11/h3-7,10H,2,8-9H2,1H3,(H,15,17). The Hall–Kier alpha value is -1.68. The zero-order valence-electron chi connectivity index (χ0n) is 10.3. The van der Waals surface area contributed by atoms with Crippen molar-refractivity contribution in [3.8, 4) is 10.6 Å². The summed E-state index contributed by atoms with van der Waals surface area (Å²) in [7, 11) is 0. The minimum absolute atomic E-state index is 0.0912. The zero-order chi connectivity index (χ0) is 12.8. The molecule has 2 aromatic rings. The van der Waals surface area contributed by atoms with Gasteiger partial charge in [0.25, 0.3) is 0 Å². The summed E-state index contributed by atoms with van der Waals surface area (Å²) < 4.78 is 0. The number of carbonyl (C=O) groups excluding carboxylic acids is 1. The van der Waals surface area contributed by atoms with Crippen LogP contribution in [-0.4, -0.2) is 17.4 Å². The second-order valence-electron chi connectivity index (χ2n) is 3.96. The molecule has 1 heterocycles. The summed E-state index contributed by atoms with van der Waals surface area (Å²) in [6.45, 7) is 2.51. The molecule has 1 aromatic heterocycles. The first-order valence-electron chi connectivity index (χ1n) is 6.06. The lowest BCUT2D eigenvalue weighted by Gasteiger charge is -2.00. The molecule has 0 aliphatic rings. The molecular weight excluding hydrogens is 244 g/mol. The molecule has 0 radical (unpaired) electrons. The van der Waals surface area contributed by atoms with Gasteiger partial charge in [0.15, 0.2) is 0 Å². The van der Waals surface area contributed by atoms with Gasteiger partial charge in [0.2, 0.25) is 5.91 Å². The lowest BCUT2D eigenvalue weighted by Crippen LogP contribution is -2.24. The Balaban J connectivity index is 1.93. The highest BCUT2D eigenvalue weighted by Gasteiger charge is 2.04. The number of nitrogens with one attached hydrogen (secondary N) is 1. The van der Waals surface area contributed by atoms with Crippen molar-refractivity contribution < 1.29 is 4.79 Å². The van der Waals surface area contributed by atoms with E-state index in [9.17, 15) is 4.79 Å². The lowest BCUT2D eigenvalue weighted by atomic mass is 10.2. The highest BCUT2D eigenvalue weighted by atomic mass is 32.1. The fourth-order valence-corrected chi connectivity index (χ4v) is 2.45. The van der Waals surface area contributed by atoms with Crippen LogP contribution in [0.15, 0.2) is 35.7 Å². The van der Waals surface area contributed by atoms with Crippen LogP contribution in [0.5, 0.6) is 0 Å². The van der Waals surface area contributed by atoms with E-state index >= 15 is 0 Å². The van der Waals surface area contributed by atoms with E-state index < -0.39 is 0 Å². The summed E-state index contributed by atoms with van der Waals surface area (Å²) >= 11 is 1.64. The number of thiazole rings is 1. The molecular formula is C14H16N2OS. The highest BCUT2D eigenvalue weighted by molar-refractivity contribution is 7.13. The van der Waals surface area contributed by atoms with Gasteiger partial charge in [0.1, 0.15) is 5.01 Å². The van der Waals surface area contributed by atoms with Crippen molar-refractivity contribution in [2.45, 2.75) is 19.8 Å². The van der Waals surface area contributed by atoms with Crippen LogP contribution in [0.2, 0.25) is 0 Å². The SMILES string of the molecule is CCC(=O)NCCc1csc(-c2ccccc2)n1. The molecule has 0 bridgehead atoms. The van der Waals surface area contributed by atoms with Gasteiger partial charge >= 0.3 is 0 Å². The molecule has 1 amide bonds. The Morgan fingerprint density at radius 1 is 1.33 bits per heavy atom. The number of nitrogens with zero attached hydrogens (tertiary/aromatic N) is 1. The van der Waals surface area contributed by atoms with Crippen LogP contribution in [0.25, 0.3) is 10.6 Å². The quantitative estimate of drug-likeness (QED) is 0.898. The predicted molar refractivity (Wildman–Crippen MR) is 74.6 cm³/mol. The molecule has 0 fully saturated rings. The van der Waals surface area contributed by atoms with Gasteiger partial charge in [-0.25, -0.2) is 4.98 Å². The van der Waals surface area contributed by atoms with Crippen LogP contribution in [-0.2, 0) is 11.2 Å². The van der Waals surface area contributed by atoms with Gasteiger partial charge in [-0.15, -0.1) is 11.3 Å². The summed E-state index contributed by atoms with van der Waals surface area (Å²) in [5, 5.41) is 5.95. The number of carbonyl (C=O) groups is 1. The molecule has 0 saturated carbocycles. The topological polar surface area (TPSA) is 42.0 Å². The fourth-order valence-electron chi connectivity index (χ4n) is 1.59. The summed E-state index contributed by atoms with van der Waals surface area (Å²) in [5.74, 6) is 0.0912. The molecule has 4 heteroatoms. The molecule has 0 aliphatic heterocycles. The number of benzene rings is 1. The Bertz CT molecular complexity index is 508. The predicted octanol–water partition coefficient (Wildman–Crippen LogP) is 2.88. The van der Waals surface area contributed by atoms with Crippen molar-refractivity contribution in [2.24, 2.45) is 0 Å². The third kappa shape index (κ3) is 3.40. The largest absolute Gasteiger partial charge is 0.356 e. The first-order valence-corrected chi connectivity index (χ1v) is 6.94. The van der Waals surface area contributed by atoms with Crippen molar-refractivity contribution in [2.75, 3.05) is 6.54 Å². The van der Waals surface area contributed by atoms with E-state index in [1.165, 1.54) is 0 Å². The van der Waals surface area contributed by atoms with Crippen LogP contribution in [0, 0.1) is 0 Å². The second-order valence-corrected chi connectivity index (χ2v) is 4.82. The number of hydrogen-bond donors (Lipinski definition) is 1. The fraction of sp³-hybridized carbons (Fsp3) is 0.286. The molecule has 0 spiro atoms. The third-order valence-electron chi connectivity index (χ3n) is 2.60. The van der Waals surface area contributed by atoms with Crippen molar-refractivity contribution >= 4 is 17.2 Å². The van der Waals surface area contributed by atoms with Gasteiger partial charge in [0.05, 0.1) is 5.69 Å². The van der Waals surface area contributed by atoms with Crippen LogP contribution in [0.3, 0.4) is 0 Å². The Morgan fingerprint density at radius 2 is 2.11 bits per heavy atom. The van der Waals surface area contributed by atoms with E-state index in [0.717, 1.165) is 22.7 Å². The molecule has 2 rings (SSSR count). The van der Waals surface area contributed by atoms with Gasteiger partial charge in [-0.3, -0.25) is 4.79 Å². The number of aromatic nitrogens is 1. The molecule has 0 aliphatic carbocycles. The van der Waals surface area contributed by atoms with Gasteiger partial charge in [0, 0.05) is 30.3 Å².